The van der Waals surface area contributed by atoms with Gasteiger partial charge in [-0.25, -0.2) is 0 Å². The highest BCUT2D eigenvalue weighted by Crippen LogP contribution is 2.18. The second-order valence-corrected chi connectivity index (χ2v) is 6.92. The zero-order valence-corrected chi connectivity index (χ0v) is 16.2. The molecule has 0 saturated carbocycles. The number of carbonyl (C=O) groups excluding carboxylic acids is 2. The van der Waals surface area contributed by atoms with Gasteiger partial charge in [0.1, 0.15) is 12.4 Å². The SMILES string of the molecule is CC[C@@H](C)NC(=O)c1cc(COc2ccc(NC(=O)CC(C)C)cc2)on1. The molecule has 146 valence electrons. The van der Waals surface area contributed by atoms with Crippen molar-refractivity contribution in [3.63, 3.8) is 0 Å². The van der Waals surface area contributed by atoms with E-state index in [9.17, 15) is 9.59 Å². The number of benzene rings is 1. The Morgan fingerprint density at radius 3 is 2.52 bits per heavy atom. The molecule has 7 heteroatoms. The van der Waals surface area contributed by atoms with Crippen LogP contribution in [0.1, 0.15) is 56.8 Å². The number of nitrogens with one attached hydrogen (secondary N) is 2. The summed E-state index contributed by atoms with van der Waals surface area (Å²) < 4.78 is 10.8. The molecule has 0 radical (unpaired) electrons. The highest BCUT2D eigenvalue weighted by molar-refractivity contribution is 5.92. The van der Waals surface area contributed by atoms with Crippen LogP contribution in [0.5, 0.6) is 5.75 Å². The average molecular weight is 373 g/mol. The number of aromatic nitrogens is 1. The van der Waals surface area contributed by atoms with E-state index in [1.807, 2.05) is 27.7 Å². The predicted molar refractivity (Wildman–Crippen MR) is 103 cm³/mol. The Bertz CT molecular complexity index is 753. The fraction of sp³-hybridized carbons (Fsp3) is 0.450. The summed E-state index contributed by atoms with van der Waals surface area (Å²) in [7, 11) is 0. The third-order valence-corrected chi connectivity index (χ3v) is 3.89. The minimum atomic E-state index is -0.263. The summed E-state index contributed by atoms with van der Waals surface area (Å²) in [6, 6.07) is 8.72. The third-order valence-electron chi connectivity index (χ3n) is 3.89. The molecule has 0 saturated heterocycles. The minimum absolute atomic E-state index is 0.0106. The van der Waals surface area contributed by atoms with Gasteiger partial charge in [-0.05, 0) is 43.5 Å². The number of ether oxygens (including phenoxy) is 1. The van der Waals surface area contributed by atoms with Crippen molar-refractivity contribution in [3.8, 4) is 5.75 Å². The van der Waals surface area contributed by atoms with Crippen LogP contribution in [0.4, 0.5) is 5.69 Å². The molecule has 0 aliphatic rings. The monoisotopic (exact) mass is 373 g/mol. The molecule has 0 spiro atoms. The van der Waals surface area contributed by atoms with Crippen molar-refractivity contribution in [2.24, 2.45) is 5.92 Å². The van der Waals surface area contributed by atoms with E-state index in [2.05, 4.69) is 15.8 Å². The topological polar surface area (TPSA) is 93.5 Å². The van der Waals surface area contributed by atoms with Crippen molar-refractivity contribution in [1.29, 1.82) is 0 Å². The Labute approximate surface area is 159 Å². The van der Waals surface area contributed by atoms with Gasteiger partial charge in [-0.15, -0.1) is 0 Å². The maximum Gasteiger partial charge on any atom is 0.273 e. The molecule has 1 aromatic carbocycles. The summed E-state index contributed by atoms with van der Waals surface area (Å²) in [4.78, 5) is 23.8. The number of hydrogen-bond donors (Lipinski definition) is 2. The highest BCUT2D eigenvalue weighted by Gasteiger charge is 2.14. The van der Waals surface area contributed by atoms with Crippen LogP contribution < -0.4 is 15.4 Å². The van der Waals surface area contributed by atoms with E-state index in [0.717, 1.165) is 12.1 Å². The van der Waals surface area contributed by atoms with Crippen LogP contribution in [0, 0.1) is 5.92 Å². The first-order valence-electron chi connectivity index (χ1n) is 9.16. The van der Waals surface area contributed by atoms with Crippen molar-refractivity contribution in [2.45, 2.75) is 53.2 Å². The number of rotatable bonds is 9. The van der Waals surface area contributed by atoms with E-state index in [-0.39, 0.29) is 30.2 Å². The molecule has 1 atom stereocenters. The first kappa shape index (κ1) is 20.5. The molecule has 1 aromatic heterocycles. The highest BCUT2D eigenvalue weighted by atomic mass is 16.5. The van der Waals surface area contributed by atoms with Crippen LogP contribution in [0.25, 0.3) is 0 Å². The molecule has 7 nitrogen and oxygen atoms in total. The van der Waals surface area contributed by atoms with Gasteiger partial charge in [0.15, 0.2) is 11.5 Å². The van der Waals surface area contributed by atoms with Crippen LogP contribution >= 0.6 is 0 Å². The summed E-state index contributed by atoms with van der Waals surface area (Å²) in [6.07, 6.45) is 1.32. The lowest BCUT2D eigenvalue weighted by molar-refractivity contribution is -0.116. The molecule has 0 fully saturated rings. The second-order valence-electron chi connectivity index (χ2n) is 6.92. The average Bonchev–Trinajstić information content (AvgIpc) is 3.09. The van der Waals surface area contributed by atoms with Crippen LogP contribution in [-0.4, -0.2) is 23.0 Å². The summed E-state index contributed by atoms with van der Waals surface area (Å²) >= 11 is 0. The standard InChI is InChI=1S/C20H27N3O4/c1-5-14(4)21-20(25)18-11-17(27-23-18)12-26-16-8-6-15(7-9-16)22-19(24)10-13(2)3/h6-9,11,13-14H,5,10,12H2,1-4H3,(H,21,25)(H,22,24)/t14-/m1/s1. The summed E-state index contributed by atoms with van der Waals surface area (Å²) in [6.45, 7) is 8.08. The first-order valence-corrected chi connectivity index (χ1v) is 9.16. The predicted octanol–water partition coefficient (Wildman–Crippen LogP) is 3.77. The van der Waals surface area contributed by atoms with Gasteiger partial charge in [-0.3, -0.25) is 9.59 Å². The van der Waals surface area contributed by atoms with E-state index in [4.69, 9.17) is 9.26 Å². The molecule has 0 aliphatic heterocycles. The van der Waals surface area contributed by atoms with E-state index < -0.39 is 0 Å². The molecule has 2 amide bonds. The van der Waals surface area contributed by atoms with Gasteiger partial charge < -0.3 is 19.9 Å². The zero-order chi connectivity index (χ0) is 19.8. The molecule has 0 unspecified atom stereocenters. The normalized spacial score (nSPS) is 11.9. The number of hydrogen-bond acceptors (Lipinski definition) is 5. The van der Waals surface area contributed by atoms with Gasteiger partial charge in [0.2, 0.25) is 5.91 Å². The van der Waals surface area contributed by atoms with E-state index in [0.29, 0.717) is 23.8 Å². The van der Waals surface area contributed by atoms with Crippen LogP contribution in [-0.2, 0) is 11.4 Å². The molecule has 2 N–H and O–H groups in total. The lowest BCUT2D eigenvalue weighted by Gasteiger charge is -2.09. The Balaban J connectivity index is 1.85. The summed E-state index contributed by atoms with van der Waals surface area (Å²) in [5, 5.41) is 9.44. The number of carbonyl (C=O) groups is 2. The first-order chi connectivity index (χ1) is 12.9. The van der Waals surface area contributed by atoms with Crippen molar-refractivity contribution in [3.05, 3.63) is 41.8 Å². The van der Waals surface area contributed by atoms with E-state index in [1.54, 1.807) is 30.3 Å². The van der Waals surface area contributed by atoms with Crippen LogP contribution in [0.3, 0.4) is 0 Å². The quantitative estimate of drug-likeness (QED) is 0.698. The summed E-state index contributed by atoms with van der Waals surface area (Å²) in [5.41, 5.74) is 0.953. The maximum absolute atomic E-state index is 12.0. The number of anilines is 1. The van der Waals surface area contributed by atoms with Crippen molar-refractivity contribution in [1.82, 2.24) is 10.5 Å². The molecule has 2 rings (SSSR count). The molecule has 0 bridgehead atoms. The minimum Gasteiger partial charge on any atom is -0.486 e. The van der Waals surface area contributed by atoms with Gasteiger partial charge >= 0.3 is 0 Å². The van der Waals surface area contributed by atoms with Crippen molar-refractivity contribution >= 4 is 17.5 Å². The van der Waals surface area contributed by atoms with E-state index >= 15 is 0 Å². The molecular formula is C20H27N3O4. The van der Waals surface area contributed by atoms with Gasteiger partial charge in [-0.1, -0.05) is 25.9 Å². The summed E-state index contributed by atoms with van der Waals surface area (Å²) in [5.74, 6) is 1.12. The van der Waals surface area contributed by atoms with Crippen molar-refractivity contribution in [2.75, 3.05) is 5.32 Å². The molecule has 2 aromatic rings. The van der Waals surface area contributed by atoms with E-state index in [1.165, 1.54) is 0 Å². The molecule has 1 heterocycles. The van der Waals surface area contributed by atoms with Crippen molar-refractivity contribution < 1.29 is 18.8 Å². The van der Waals surface area contributed by atoms with Crippen LogP contribution in [0.2, 0.25) is 0 Å². The Kier molecular flexibility index (Phi) is 7.40. The zero-order valence-electron chi connectivity index (χ0n) is 16.2. The molecule has 27 heavy (non-hydrogen) atoms. The Morgan fingerprint density at radius 2 is 1.89 bits per heavy atom. The second kappa shape index (κ2) is 9.75. The van der Waals surface area contributed by atoms with Gasteiger partial charge in [0, 0.05) is 24.2 Å². The lowest BCUT2D eigenvalue weighted by atomic mass is 10.1. The Hall–Kier alpha value is -2.83. The van der Waals surface area contributed by atoms with Gasteiger partial charge in [0.25, 0.3) is 5.91 Å². The fourth-order valence-corrected chi connectivity index (χ4v) is 2.26. The number of nitrogens with zero attached hydrogens (tertiary/aromatic N) is 1. The largest absolute Gasteiger partial charge is 0.486 e. The maximum atomic E-state index is 12.0. The lowest BCUT2D eigenvalue weighted by Crippen LogP contribution is -2.32. The fourth-order valence-electron chi connectivity index (χ4n) is 2.26. The Morgan fingerprint density at radius 1 is 1.19 bits per heavy atom. The number of amides is 2. The third kappa shape index (κ3) is 6.77. The van der Waals surface area contributed by atoms with Crippen LogP contribution in [0.15, 0.2) is 34.9 Å². The molecule has 0 aliphatic carbocycles. The molecular weight excluding hydrogens is 346 g/mol. The van der Waals surface area contributed by atoms with Gasteiger partial charge in [-0.2, -0.15) is 0 Å². The smallest absolute Gasteiger partial charge is 0.273 e. The van der Waals surface area contributed by atoms with Gasteiger partial charge in [0.05, 0.1) is 0 Å².